The zero-order chi connectivity index (χ0) is 6.69. The Labute approximate surface area is 58.0 Å². The summed E-state index contributed by atoms with van der Waals surface area (Å²) in [6.07, 6.45) is 8.85. The van der Waals surface area contributed by atoms with Crippen LogP contribution in [0.15, 0.2) is 12.2 Å². The van der Waals surface area contributed by atoms with Gasteiger partial charge in [0.05, 0.1) is 0 Å². The van der Waals surface area contributed by atoms with Crippen molar-refractivity contribution >= 4 is 0 Å². The quantitative estimate of drug-likeness (QED) is 0.471. The van der Waals surface area contributed by atoms with Crippen LogP contribution < -0.4 is 0 Å². The molecule has 2 unspecified atom stereocenters. The molecule has 0 bridgehead atoms. The number of hydrogen-bond donors (Lipinski definition) is 0. The number of allylic oxidation sites excluding steroid dienone is 2. The van der Waals surface area contributed by atoms with Gasteiger partial charge < -0.3 is 0 Å². The molecule has 9 heavy (non-hydrogen) atoms. The lowest BCUT2D eigenvalue weighted by molar-refractivity contribution is 0.503. The molecule has 0 N–H and O–H groups in total. The van der Waals surface area contributed by atoms with E-state index < -0.39 is 0 Å². The summed E-state index contributed by atoms with van der Waals surface area (Å²) >= 11 is 0. The topological polar surface area (TPSA) is 0 Å². The van der Waals surface area contributed by atoms with Crippen molar-refractivity contribution in [2.24, 2.45) is 11.8 Å². The van der Waals surface area contributed by atoms with E-state index in [1.54, 1.807) is 0 Å². The van der Waals surface area contributed by atoms with Gasteiger partial charge in [-0.1, -0.05) is 31.9 Å². The van der Waals surface area contributed by atoms with Crippen molar-refractivity contribution < 1.29 is 0 Å². The first kappa shape index (κ1) is 6.85. The van der Waals surface area contributed by atoms with Gasteiger partial charge >= 0.3 is 0 Å². The lowest BCUT2D eigenvalue weighted by Gasteiger charge is -2.07. The van der Waals surface area contributed by atoms with E-state index in [-0.39, 0.29) is 0 Å². The van der Waals surface area contributed by atoms with Crippen molar-refractivity contribution in [1.82, 2.24) is 0 Å². The predicted molar refractivity (Wildman–Crippen MR) is 41.3 cm³/mol. The first-order chi connectivity index (χ1) is 4.34. The normalized spacial score (nSPS) is 36.2. The predicted octanol–water partition coefficient (Wildman–Crippen LogP) is 3.00. The maximum absolute atomic E-state index is 2.36. The van der Waals surface area contributed by atoms with Gasteiger partial charge in [0.2, 0.25) is 0 Å². The molecule has 0 heteroatoms. The van der Waals surface area contributed by atoms with Crippen LogP contribution in [0.2, 0.25) is 0 Å². The van der Waals surface area contributed by atoms with Crippen LogP contribution in [0.4, 0.5) is 0 Å². The molecule has 0 aromatic heterocycles. The van der Waals surface area contributed by atoms with Crippen LogP contribution >= 0.6 is 0 Å². The molecule has 0 spiro atoms. The molecule has 0 amide bonds. The van der Waals surface area contributed by atoms with E-state index in [1.807, 2.05) is 0 Å². The molecule has 0 nitrogen and oxygen atoms in total. The van der Waals surface area contributed by atoms with Crippen molar-refractivity contribution in [1.29, 1.82) is 0 Å². The summed E-state index contributed by atoms with van der Waals surface area (Å²) in [5.74, 6) is 1.84. The molecule has 1 saturated carbocycles. The van der Waals surface area contributed by atoms with Crippen LogP contribution in [-0.2, 0) is 0 Å². The highest BCUT2D eigenvalue weighted by Crippen LogP contribution is 2.31. The molecule has 2 atom stereocenters. The molecule has 1 aliphatic carbocycles. The fourth-order valence-electron chi connectivity index (χ4n) is 1.71. The highest BCUT2D eigenvalue weighted by Gasteiger charge is 2.19. The van der Waals surface area contributed by atoms with E-state index in [0.29, 0.717) is 0 Å². The summed E-state index contributed by atoms with van der Waals surface area (Å²) in [6, 6.07) is 0. The Balaban J connectivity index is 2.39. The van der Waals surface area contributed by atoms with Gasteiger partial charge in [0.15, 0.2) is 0 Å². The molecule has 0 heterocycles. The van der Waals surface area contributed by atoms with Gasteiger partial charge in [-0.25, -0.2) is 0 Å². The second-order valence-corrected chi connectivity index (χ2v) is 3.10. The second-order valence-electron chi connectivity index (χ2n) is 3.10. The largest absolute Gasteiger partial charge is 0.0914 e. The summed E-state index contributed by atoms with van der Waals surface area (Å²) in [6.45, 7) is 4.47. The van der Waals surface area contributed by atoms with Crippen LogP contribution in [-0.4, -0.2) is 0 Å². The average molecular weight is 124 g/mol. The molecule has 52 valence electrons. The Kier molecular flexibility index (Phi) is 2.32. The van der Waals surface area contributed by atoms with Gasteiger partial charge in [0.25, 0.3) is 0 Å². The molecule has 0 saturated heterocycles. The molecule has 1 rings (SSSR count). The lowest BCUT2D eigenvalue weighted by Crippen LogP contribution is -1.98. The Hall–Kier alpha value is -0.260. The minimum absolute atomic E-state index is 0.898. The number of rotatable bonds is 1. The van der Waals surface area contributed by atoms with E-state index >= 15 is 0 Å². The Morgan fingerprint density at radius 3 is 2.56 bits per heavy atom. The minimum atomic E-state index is 0.898. The van der Waals surface area contributed by atoms with E-state index in [2.05, 4.69) is 26.0 Å². The van der Waals surface area contributed by atoms with E-state index in [9.17, 15) is 0 Å². The SMILES string of the molecule is C/C=C/C1CCCC1C. The molecule has 0 radical (unpaired) electrons. The molecular weight excluding hydrogens is 108 g/mol. The minimum Gasteiger partial charge on any atom is -0.0914 e. The van der Waals surface area contributed by atoms with Crippen molar-refractivity contribution in [3.63, 3.8) is 0 Å². The summed E-state index contributed by atoms with van der Waals surface area (Å²) in [5, 5.41) is 0. The van der Waals surface area contributed by atoms with E-state index in [1.165, 1.54) is 19.3 Å². The van der Waals surface area contributed by atoms with Crippen LogP contribution in [0.25, 0.3) is 0 Å². The zero-order valence-electron chi connectivity index (χ0n) is 6.43. The van der Waals surface area contributed by atoms with Crippen LogP contribution in [0.5, 0.6) is 0 Å². The standard InChI is InChI=1S/C9H16/c1-3-5-9-7-4-6-8(9)2/h3,5,8-9H,4,6-7H2,1-2H3/b5-3+. The Bertz CT molecular complexity index is 103. The highest BCUT2D eigenvalue weighted by molar-refractivity contribution is 4.91. The summed E-state index contributed by atoms with van der Waals surface area (Å²) in [4.78, 5) is 0. The maximum Gasteiger partial charge on any atom is -0.0208 e. The highest BCUT2D eigenvalue weighted by atomic mass is 14.2. The molecule has 1 fully saturated rings. The van der Waals surface area contributed by atoms with E-state index in [4.69, 9.17) is 0 Å². The number of hydrogen-bond acceptors (Lipinski definition) is 0. The second kappa shape index (κ2) is 3.05. The average Bonchev–Trinajstić information content (AvgIpc) is 2.18. The summed E-state index contributed by atoms with van der Waals surface area (Å²) in [5.41, 5.74) is 0. The Morgan fingerprint density at radius 2 is 2.11 bits per heavy atom. The lowest BCUT2D eigenvalue weighted by atomic mass is 9.98. The molecule has 0 aromatic rings. The fourth-order valence-corrected chi connectivity index (χ4v) is 1.71. The summed E-state index contributed by atoms with van der Waals surface area (Å²) < 4.78 is 0. The summed E-state index contributed by atoms with van der Waals surface area (Å²) in [7, 11) is 0. The van der Waals surface area contributed by atoms with Crippen LogP contribution in [0.3, 0.4) is 0 Å². The first-order valence-corrected chi connectivity index (χ1v) is 3.97. The first-order valence-electron chi connectivity index (χ1n) is 3.97. The van der Waals surface area contributed by atoms with Gasteiger partial charge in [0.1, 0.15) is 0 Å². The molecular formula is C9H16. The molecule has 0 aliphatic heterocycles. The third kappa shape index (κ3) is 1.57. The fraction of sp³-hybridized carbons (Fsp3) is 0.778. The van der Waals surface area contributed by atoms with Crippen molar-refractivity contribution in [3.05, 3.63) is 12.2 Å². The van der Waals surface area contributed by atoms with Crippen LogP contribution in [0, 0.1) is 11.8 Å². The molecule has 0 aromatic carbocycles. The van der Waals surface area contributed by atoms with Crippen molar-refractivity contribution in [2.75, 3.05) is 0 Å². The zero-order valence-corrected chi connectivity index (χ0v) is 6.43. The third-order valence-corrected chi connectivity index (χ3v) is 2.37. The van der Waals surface area contributed by atoms with Crippen LogP contribution in [0.1, 0.15) is 33.1 Å². The van der Waals surface area contributed by atoms with Gasteiger partial charge in [0, 0.05) is 0 Å². The monoisotopic (exact) mass is 124 g/mol. The van der Waals surface area contributed by atoms with Gasteiger partial charge in [-0.05, 0) is 25.2 Å². The van der Waals surface area contributed by atoms with E-state index in [0.717, 1.165) is 11.8 Å². The molecule has 1 aliphatic rings. The van der Waals surface area contributed by atoms with Gasteiger partial charge in [-0.15, -0.1) is 0 Å². The van der Waals surface area contributed by atoms with Gasteiger partial charge in [-0.3, -0.25) is 0 Å². The third-order valence-electron chi connectivity index (χ3n) is 2.37. The Morgan fingerprint density at radius 1 is 1.33 bits per heavy atom. The smallest absolute Gasteiger partial charge is 0.0208 e. The van der Waals surface area contributed by atoms with Crippen molar-refractivity contribution in [2.45, 2.75) is 33.1 Å². The van der Waals surface area contributed by atoms with Crippen molar-refractivity contribution in [3.8, 4) is 0 Å². The maximum atomic E-state index is 2.36. The van der Waals surface area contributed by atoms with Gasteiger partial charge in [-0.2, -0.15) is 0 Å².